The van der Waals surface area contributed by atoms with Crippen molar-refractivity contribution < 1.29 is 9.90 Å². The fourth-order valence-electron chi connectivity index (χ4n) is 7.20. The van der Waals surface area contributed by atoms with E-state index in [1.807, 2.05) is 6.92 Å². The second kappa shape index (κ2) is 4.59. The van der Waals surface area contributed by atoms with Gasteiger partial charge in [0, 0.05) is 11.8 Å². The van der Waals surface area contributed by atoms with Gasteiger partial charge in [-0.2, -0.15) is 0 Å². The summed E-state index contributed by atoms with van der Waals surface area (Å²) in [5.74, 6) is 3.47. The highest BCUT2D eigenvalue weighted by atomic mass is 16.3. The molecule has 124 valence electrons. The molecule has 0 heterocycles. The molecule has 7 atom stereocenters. The van der Waals surface area contributed by atoms with E-state index in [-0.39, 0.29) is 5.41 Å². The van der Waals surface area contributed by atoms with Crippen LogP contribution in [0, 0.1) is 34.5 Å². The predicted molar refractivity (Wildman–Crippen MR) is 87.4 cm³/mol. The fraction of sp³-hybridized carbons (Fsp3) is 0.950. The first-order valence-electron chi connectivity index (χ1n) is 9.52. The first-order chi connectivity index (χ1) is 10.3. The first kappa shape index (κ1) is 15.2. The van der Waals surface area contributed by atoms with Crippen molar-refractivity contribution in [3.05, 3.63) is 0 Å². The zero-order chi connectivity index (χ0) is 15.8. The highest BCUT2D eigenvalue weighted by molar-refractivity contribution is 5.87. The first-order valence-corrected chi connectivity index (χ1v) is 9.52. The quantitative estimate of drug-likeness (QED) is 0.722. The van der Waals surface area contributed by atoms with Crippen LogP contribution >= 0.6 is 0 Å². The van der Waals surface area contributed by atoms with Crippen LogP contribution in [0.3, 0.4) is 0 Å². The van der Waals surface area contributed by atoms with Gasteiger partial charge in [-0.25, -0.2) is 0 Å². The van der Waals surface area contributed by atoms with E-state index in [1.54, 1.807) is 0 Å². The number of hydrogen-bond acceptors (Lipinski definition) is 2. The van der Waals surface area contributed by atoms with Crippen molar-refractivity contribution in [1.82, 2.24) is 0 Å². The highest BCUT2D eigenvalue weighted by Gasteiger charge is 2.60. The monoisotopic (exact) mass is 304 g/mol. The van der Waals surface area contributed by atoms with Crippen LogP contribution in [-0.2, 0) is 4.79 Å². The van der Waals surface area contributed by atoms with E-state index in [0.717, 1.165) is 43.9 Å². The summed E-state index contributed by atoms with van der Waals surface area (Å²) in [6.45, 7) is 6.82. The van der Waals surface area contributed by atoms with Gasteiger partial charge in [-0.3, -0.25) is 4.79 Å². The van der Waals surface area contributed by atoms with Gasteiger partial charge in [0.05, 0.1) is 5.60 Å². The number of carbonyl (C=O) groups excluding carboxylic acids is 1. The topological polar surface area (TPSA) is 37.3 Å². The molecule has 2 heteroatoms. The van der Waals surface area contributed by atoms with Crippen molar-refractivity contribution in [2.45, 2.75) is 84.2 Å². The summed E-state index contributed by atoms with van der Waals surface area (Å²) in [4.78, 5) is 12.4. The molecule has 0 bridgehead atoms. The molecule has 0 radical (unpaired) electrons. The Labute approximate surface area is 135 Å². The van der Waals surface area contributed by atoms with Crippen molar-refractivity contribution in [2.75, 3.05) is 0 Å². The molecule has 4 rings (SSSR count). The molecule has 4 aliphatic rings. The molecule has 0 aromatic heterocycles. The van der Waals surface area contributed by atoms with Gasteiger partial charge in [-0.05, 0) is 87.4 Å². The Hall–Kier alpha value is -0.370. The van der Waals surface area contributed by atoms with Crippen molar-refractivity contribution in [3.8, 4) is 0 Å². The third-order valence-electron chi connectivity index (χ3n) is 8.66. The number of hydrogen-bond donors (Lipinski definition) is 1. The lowest BCUT2D eigenvalue weighted by Gasteiger charge is -2.61. The van der Waals surface area contributed by atoms with Crippen LogP contribution in [0.2, 0.25) is 0 Å². The second-order valence-electron chi connectivity index (χ2n) is 9.78. The van der Waals surface area contributed by atoms with Crippen LogP contribution in [-0.4, -0.2) is 16.5 Å². The molecule has 0 spiro atoms. The van der Waals surface area contributed by atoms with Crippen LogP contribution in [0.1, 0.15) is 78.6 Å². The average molecular weight is 304 g/mol. The normalized spacial score (nSPS) is 57.9. The van der Waals surface area contributed by atoms with Crippen LogP contribution < -0.4 is 0 Å². The third-order valence-corrected chi connectivity index (χ3v) is 8.66. The molecular weight excluding hydrogens is 272 g/mol. The molecule has 0 saturated heterocycles. The maximum atomic E-state index is 12.4. The molecule has 2 nitrogen and oxygen atoms in total. The molecule has 0 aliphatic heterocycles. The molecule has 1 unspecified atom stereocenters. The minimum absolute atomic E-state index is 0.00449. The summed E-state index contributed by atoms with van der Waals surface area (Å²) in [5, 5.41) is 10.5. The minimum Gasteiger partial charge on any atom is -0.390 e. The summed E-state index contributed by atoms with van der Waals surface area (Å²) in [7, 11) is 0. The highest BCUT2D eigenvalue weighted by Crippen LogP contribution is 2.66. The average Bonchev–Trinajstić information content (AvgIpc) is 2.76. The number of fused-ring (bicyclic) bond motifs is 5. The van der Waals surface area contributed by atoms with Crippen LogP contribution in [0.5, 0.6) is 0 Å². The van der Waals surface area contributed by atoms with Gasteiger partial charge in [0.2, 0.25) is 0 Å². The number of Topliss-reactive ketones (excluding diaryl/α,β-unsaturated/α-hetero) is 1. The fourth-order valence-corrected chi connectivity index (χ4v) is 7.20. The van der Waals surface area contributed by atoms with Gasteiger partial charge in [-0.1, -0.05) is 13.8 Å². The van der Waals surface area contributed by atoms with Gasteiger partial charge < -0.3 is 5.11 Å². The zero-order valence-electron chi connectivity index (χ0n) is 14.5. The van der Waals surface area contributed by atoms with E-state index < -0.39 is 5.60 Å². The van der Waals surface area contributed by atoms with Crippen molar-refractivity contribution in [1.29, 1.82) is 0 Å². The Morgan fingerprint density at radius 2 is 1.73 bits per heavy atom. The van der Waals surface area contributed by atoms with Gasteiger partial charge in [-0.15, -0.1) is 0 Å². The summed E-state index contributed by atoms with van der Waals surface area (Å²) in [5.41, 5.74) is -0.0217. The zero-order valence-corrected chi connectivity index (χ0v) is 14.5. The van der Waals surface area contributed by atoms with E-state index in [0.29, 0.717) is 23.0 Å². The van der Waals surface area contributed by atoms with Crippen molar-refractivity contribution >= 4 is 5.78 Å². The lowest BCUT2D eigenvalue weighted by atomic mass is 9.44. The summed E-state index contributed by atoms with van der Waals surface area (Å²) in [6, 6.07) is 0. The SMILES string of the molecule is C[C@]1(O)CC[C@]2(C)[C@@H](CC[C@@H]3C4CCC(=O)[C@]4(C)CC[C@H]32)C1. The Bertz CT molecular complexity index is 496. The van der Waals surface area contributed by atoms with E-state index in [1.165, 1.54) is 25.7 Å². The Kier molecular flexibility index (Phi) is 3.16. The van der Waals surface area contributed by atoms with Crippen LogP contribution in [0.15, 0.2) is 0 Å². The Morgan fingerprint density at radius 3 is 2.50 bits per heavy atom. The molecule has 4 fully saturated rings. The van der Waals surface area contributed by atoms with Gasteiger partial charge >= 0.3 is 0 Å². The lowest BCUT2D eigenvalue weighted by molar-refractivity contribution is -0.151. The molecular formula is C20H32O2. The molecule has 22 heavy (non-hydrogen) atoms. The summed E-state index contributed by atoms with van der Waals surface area (Å²) >= 11 is 0. The number of ketones is 1. The molecule has 0 aromatic carbocycles. The number of aliphatic hydroxyl groups is 1. The summed E-state index contributed by atoms with van der Waals surface area (Å²) in [6.07, 6.45) is 10.1. The summed E-state index contributed by atoms with van der Waals surface area (Å²) < 4.78 is 0. The van der Waals surface area contributed by atoms with E-state index in [2.05, 4.69) is 13.8 Å². The Morgan fingerprint density at radius 1 is 0.955 bits per heavy atom. The van der Waals surface area contributed by atoms with E-state index in [9.17, 15) is 9.90 Å². The van der Waals surface area contributed by atoms with Gasteiger partial charge in [0.1, 0.15) is 5.78 Å². The molecule has 1 N–H and O–H groups in total. The number of rotatable bonds is 0. The molecule has 0 amide bonds. The predicted octanol–water partition coefficient (Wildman–Crippen LogP) is 4.35. The largest absolute Gasteiger partial charge is 0.390 e. The van der Waals surface area contributed by atoms with Crippen LogP contribution in [0.4, 0.5) is 0 Å². The Balaban J connectivity index is 1.63. The maximum absolute atomic E-state index is 12.4. The smallest absolute Gasteiger partial charge is 0.139 e. The molecule has 4 saturated carbocycles. The second-order valence-corrected chi connectivity index (χ2v) is 9.78. The van der Waals surface area contributed by atoms with Gasteiger partial charge in [0.25, 0.3) is 0 Å². The number of carbonyl (C=O) groups is 1. The lowest BCUT2D eigenvalue weighted by Crippen LogP contribution is -2.55. The van der Waals surface area contributed by atoms with Crippen molar-refractivity contribution in [2.24, 2.45) is 34.5 Å². The van der Waals surface area contributed by atoms with E-state index in [4.69, 9.17) is 0 Å². The van der Waals surface area contributed by atoms with Gasteiger partial charge in [0.15, 0.2) is 0 Å². The maximum Gasteiger partial charge on any atom is 0.139 e. The van der Waals surface area contributed by atoms with Crippen LogP contribution in [0.25, 0.3) is 0 Å². The van der Waals surface area contributed by atoms with Crippen molar-refractivity contribution in [3.63, 3.8) is 0 Å². The molecule has 0 aromatic rings. The molecule has 4 aliphatic carbocycles. The van der Waals surface area contributed by atoms with E-state index >= 15 is 0 Å². The minimum atomic E-state index is -0.441. The third kappa shape index (κ3) is 1.92. The standard InChI is InChI=1S/C20H32O2/c1-18(22)10-11-19(2)13(12-18)4-5-14-15-6-7-17(21)20(15,3)9-8-16(14)19/h13-16,22H,4-12H2,1-3H3/t13-,14+,15?,16+,18-,19+,20+/m0/s1.